The minimum atomic E-state index is -1.06. The molecule has 0 aromatic carbocycles. The molecular formula is C12H20N2O4S. The first-order chi connectivity index (χ1) is 8.70. The summed E-state index contributed by atoms with van der Waals surface area (Å²) in [6, 6.07) is -1.55. The molecule has 1 aliphatic heterocycles. The standard InChI is InChI=1S/C12H20N2O4S/c1-7(2)9(11(17)18)13-10(16)8-5-19-12(3,4)14(8)6-15/h6-9H,5H2,1-4H3,(H,13,16)(H,17,18)/t8-,9+/m0/s1. The highest BCUT2D eigenvalue weighted by Gasteiger charge is 2.43. The molecule has 1 fully saturated rings. The van der Waals surface area contributed by atoms with E-state index in [1.807, 2.05) is 13.8 Å². The third-order valence-electron chi connectivity index (χ3n) is 3.20. The summed E-state index contributed by atoms with van der Waals surface area (Å²) in [7, 11) is 0. The fourth-order valence-corrected chi connectivity index (χ4v) is 3.18. The van der Waals surface area contributed by atoms with E-state index in [4.69, 9.17) is 5.11 Å². The lowest BCUT2D eigenvalue weighted by Crippen LogP contribution is -2.54. The third kappa shape index (κ3) is 3.40. The van der Waals surface area contributed by atoms with Crippen LogP contribution < -0.4 is 5.32 Å². The van der Waals surface area contributed by atoms with Crippen molar-refractivity contribution in [2.24, 2.45) is 5.92 Å². The van der Waals surface area contributed by atoms with E-state index in [1.54, 1.807) is 13.8 Å². The summed E-state index contributed by atoms with van der Waals surface area (Å²) in [4.78, 5) is 35.3. The number of thioether (sulfide) groups is 1. The van der Waals surface area contributed by atoms with Gasteiger partial charge in [0.1, 0.15) is 12.1 Å². The van der Waals surface area contributed by atoms with E-state index in [0.29, 0.717) is 12.2 Å². The van der Waals surface area contributed by atoms with Gasteiger partial charge in [0.15, 0.2) is 0 Å². The molecule has 0 aliphatic carbocycles. The average molecular weight is 288 g/mol. The number of nitrogens with zero attached hydrogens (tertiary/aromatic N) is 1. The number of hydrogen-bond acceptors (Lipinski definition) is 4. The zero-order valence-corrected chi connectivity index (χ0v) is 12.4. The predicted octanol–water partition coefficient (Wildman–Crippen LogP) is 0.522. The molecule has 1 aliphatic rings. The van der Waals surface area contributed by atoms with Crippen molar-refractivity contribution in [3.63, 3.8) is 0 Å². The molecule has 108 valence electrons. The van der Waals surface area contributed by atoms with Crippen LogP contribution in [0.1, 0.15) is 27.7 Å². The molecule has 0 radical (unpaired) electrons. The summed E-state index contributed by atoms with van der Waals surface area (Å²) in [6.45, 7) is 7.17. The number of hydrogen-bond donors (Lipinski definition) is 2. The van der Waals surface area contributed by atoms with Crippen molar-refractivity contribution in [1.29, 1.82) is 0 Å². The van der Waals surface area contributed by atoms with E-state index in [1.165, 1.54) is 16.7 Å². The molecule has 1 rings (SSSR count). The highest BCUT2D eigenvalue weighted by atomic mass is 32.2. The third-order valence-corrected chi connectivity index (χ3v) is 4.60. The Balaban J connectivity index is 2.78. The minimum absolute atomic E-state index is 0.215. The quantitative estimate of drug-likeness (QED) is 0.720. The Kier molecular flexibility index (Phi) is 4.84. The van der Waals surface area contributed by atoms with Gasteiger partial charge in [0.2, 0.25) is 12.3 Å². The molecule has 2 N–H and O–H groups in total. The van der Waals surface area contributed by atoms with Crippen molar-refractivity contribution >= 4 is 30.0 Å². The van der Waals surface area contributed by atoms with Crippen LogP contribution in [0.15, 0.2) is 0 Å². The molecule has 2 atom stereocenters. The lowest BCUT2D eigenvalue weighted by molar-refractivity contribution is -0.144. The van der Waals surface area contributed by atoms with Gasteiger partial charge < -0.3 is 15.3 Å². The number of amides is 2. The second-order valence-electron chi connectivity index (χ2n) is 5.35. The number of rotatable bonds is 5. The molecule has 1 saturated heterocycles. The normalized spacial score (nSPS) is 23.2. The number of carboxylic acid groups (broad SMARTS) is 1. The molecule has 1 heterocycles. The van der Waals surface area contributed by atoms with Crippen LogP contribution in [0.3, 0.4) is 0 Å². The SMILES string of the molecule is CC(C)[C@@H](NC(=O)[C@@H]1CSC(C)(C)N1C=O)C(=O)O. The van der Waals surface area contributed by atoms with Crippen molar-refractivity contribution in [3.8, 4) is 0 Å². The van der Waals surface area contributed by atoms with Gasteiger partial charge in [-0.05, 0) is 19.8 Å². The molecule has 0 spiro atoms. The molecule has 0 unspecified atom stereocenters. The van der Waals surface area contributed by atoms with Crippen LogP contribution in [0.2, 0.25) is 0 Å². The van der Waals surface area contributed by atoms with Crippen LogP contribution in [0, 0.1) is 5.92 Å². The lowest BCUT2D eigenvalue weighted by Gasteiger charge is -2.31. The summed E-state index contributed by atoms with van der Waals surface area (Å²) in [5.74, 6) is -1.22. The highest BCUT2D eigenvalue weighted by Crippen LogP contribution is 2.37. The van der Waals surface area contributed by atoms with E-state index in [9.17, 15) is 14.4 Å². The topological polar surface area (TPSA) is 86.7 Å². The van der Waals surface area contributed by atoms with E-state index in [0.717, 1.165) is 0 Å². The molecular weight excluding hydrogens is 268 g/mol. The highest BCUT2D eigenvalue weighted by molar-refractivity contribution is 8.00. The summed E-state index contributed by atoms with van der Waals surface area (Å²) < 4.78 is 0. The van der Waals surface area contributed by atoms with Crippen LogP contribution in [0.4, 0.5) is 0 Å². The maximum absolute atomic E-state index is 12.1. The van der Waals surface area contributed by atoms with Crippen molar-refractivity contribution in [2.45, 2.75) is 44.6 Å². The van der Waals surface area contributed by atoms with Gasteiger partial charge in [-0.25, -0.2) is 4.79 Å². The second-order valence-corrected chi connectivity index (χ2v) is 6.98. The smallest absolute Gasteiger partial charge is 0.326 e. The van der Waals surface area contributed by atoms with Gasteiger partial charge in [-0.2, -0.15) is 0 Å². The van der Waals surface area contributed by atoms with Crippen LogP contribution in [-0.4, -0.2) is 51.0 Å². The fourth-order valence-electron chi connectivity index (χ4n) is 1.98. The van der Waals surface area contributed by atoms with E-state index < -0.39 is 28.8 Å². The molecule has 6 nitrogen and oxygen atoms in total. The molecule has 0 aromatic heterocycles. The first-order valence-corrected chi connectivity index (χ1v) is 7.10. The van der Waals surface area contributed by atoms with Crippen LogP contribution in [0.5, 0.6) is 0 Å². The van der Waals surface area contributed by atoms with Crippen LogP contribution >= 0.6 is 11.8 Å². The van der Waals surface area contributed by atoms with Gasteiger partial charge in [0.05, 0.1) is 4.87 Å². The Morgan fingerprint density at radius 3 is 2.47 bits per heavy atom. The molecule has 19 heavy (non-hydrogen) atoms. The fraction of sp³-hybridized carbons (Fsp3) is 0.750. The van der Waals surface area contributed by atoms with Gasteiger partial charge in [-0.15, -0.1) is 11.8 Å². The first-order valence-electron chi connectivity index (χ1n) is 6.11. The number of carboxylic acids is 1. The summed E-state index contributed by atoms with van der Waals surface area (Å²) in [5, 5.41) is 11.6. The van der Waals surface area contributed by atoms with Gasteiger partial charge in [0.25, 0.3) is 0 Å². The van der Waals surface area contributed by atoms with Gasteiger partial charge in [-0.3, -0.25) is 9.59 Å². The Labute approximate surface area is 116 Å². The van der Waals surface area contributed by atoms with E-state index in [2.05, 4.69) is 5.32 Å². The van der Waals surface area contributed by atoms with Crippen LogP contribution in [0.25, 0.3) is 0 Å². The average Bonchev–Trinajstić information content (AvgIpc) is 2.59. The van der Waals surface area contributed by atoms with E-state index in [-0.39, 0.29) is 5.92 Å². The minimum Gasteiger partial charge on any atom is -0.480 e. The van der Waals surface area contributed by atoms with Gasteiger partial charge in [-0.1, -0.05) is 13.8 Å². The molecule has 0 saturated carbocycles. The zero-order valence-electron chi connectivity index (χ0n) is 11.5. The number of carbonyl (C=O) groups is 3. The zero-order chi connectivity index (χ0) is 14.8. The number of carbonyl (C=O) groups excluding carboxylic acids is 2. The van der Waals surface area contributed by atoms with E-state index >= 15 is 0 Å². The number of nitrogens with one attached hydrogen (secondary N) is 1. The lowest BCUT2D eigenvalue weighted by atomic mass is 10.0. The van der Waals surface area contributed by atoms with Crippen molar-refractivity contribution in [1.82, 2.24) is 10.2 Å². The van der Waals surface area contributed by atoms with Crippen molar-refractivity contribution in [2.75, 3.05) is 5.75 Å². The van der Waals surface area contributed by atoms with Gasteiger partial charge in [0, 0.05) is 5.75 Å². The summed E-state index contributed by atoms with van der Waals surface area (Å²) in [6.07, 6.45) is 0.648. The second kappa shape index (κ2) is 5.81. The first kappa shape index (κ1) is 15.8. The maximum Gasteiger partial charge on any atom is 0.326 e. The Morgan fingerprint density at radius 1 is 1.47 bits per heavy atom. The van der Waals surface area contributed by atoms with Crippen molar-refractivity contribution < 1.29 is 19.5 Å². The predicted molar refractivity (Wildman–Crippen MR) is 72.6 cm³/mol. The maximum atomic E-state index is 12.1. The Bertz CT molecular complexity index is 384. The van der Waals surface area contributed by atoms with Crippen LogP contribution in [-0.2, 0) is 14.4 Å². The Hall–Kier alpha value is -1.24. The summed E-state index contributed by atoms with van der Waals surface area (Å²) in [5.41, 5.74) is 0. The number of aliphatic carboxylic acids is 1. The monoisotopic (exact) mass is 288 g/mol. The molecule has 2 amide bonds. The Morgan fingerprint density at radius 2 is 2.05 bits per heavy atom. The van der Waals surface area contributed by atoms with Crippen molar-refractivity contribution in [3.05, 3.63) is 0 Å². The van der Waals surface area contributed by atoms with Gasteiger partial charge >= 0.3 is 5.97 Å². The molecule has 0 aromatic rings. The largest absolute Gasteiger partial charge is 0.480 e. The summed E-state index contributed by atoms with van der Waals surface area (Å²) >= 11 is 1.50. The molecule has 0 bridgehead atoms. The molecule has 7 heteroatoms.